The Hall–Kier alpha value is -2.25. The van der Waals surface area contributed by atoms with Crippen LogP contribution in [0.15, 0.2) is 23.4 Å². The molecule has 0 unspecified atom stereocenters. The second-order valence-electron chi connectivity index (χ2n) is 4.59. The fraction of sp³-hybridized carbons (Fsp3) is 0.417. The Kier molecular flexibility index (Phi) is 3.82. The third-order valence-corrected chi connectivity index (χ3v) is 3.26. The number of piperidine rings is 1. The van der Waals surface area contributed by atoms with Crippen molar-refractivity contribution in [3.8, 4) is 0 Å². The van der Waals surface area contributed by atoms with Crippen LogP contribution in [0.25, 0.3) is 0 Å². The Balaban J connectivity index is 2.33. The van der Waals surface area contributed by atoms with Gasteiger partial charge in [0.15, 0.2) is 0 Å². The van der Waals surface area contributed by atoms with Gasteiger partial charge in [-0.15, -0.1) is 0 Å². The van der Waals surface area contributed by atoms with Gasteiger partial charge in [-0.05, 0) is 6.07 Å². The highest BCUT2D eigenvalue weighted by molar-refractivity contribution is 5.88. The topological polar surface area (TPSA) is 79.0 Å². The molecule has 0 aliphatic carbocycles. The predicted octanol–water partition coefficient (Wildman–Crippen LogP) is 2.64. The Morgan fingerprint density at radius 1 is 1.40 bits per heavy atom. The first-order valence-corrected chi connectivity index (χ1v) is 6.01. The zero-order valence-electron chi connectivity index (χ0n) is 10.5. The van der Waals surface area contributed by atoms with E-state index in [4.69, 9.17) is 5.21 Å². The van der Waals surface area contributed by atoms with Crippen LogP contribution < -0.4 is 4.90 Å². The van der Waals surface area contributed by atoms with E-state index in [1.165, 1.54) is 18.2 Å². The largest absolute Gasteiger partial charge is 0.411 e. The first kappa shape index (κ1) is 14.2. The fourth-order valence-electron chi connectivity index (χ4n) is 2.17. The minimum Gasteiger partial charge on any atom is -0.411 e. The molecule has 1 aliphatic rings. The molecule has 8 heteroatoms. The van der Waals surface area contributed by atoms with Crippen molar-refractivity contribution in [2.45, 2.75) is 18.8 Å². The maximum atomic E-state index is 13.1. The highest BCUT2D eigenvalue weighted by Crippen LogP contribution is 2.33. The molecular weight excluding hydrogens is 272 g/mol. The third kappa shape index (κ3) is 3.01. The highest BCUT2D eigenvalue weighted by Gasteiger charge is 2.34. The second-order valence-corrected chi connectivity index (χ2v) is 4.59. The van der Waals surface area contributed by atoms with Crippen LogP contribution in [0.2, 0.25) is 0 Å². The number of anilines is 1. The quantitative estimate of drug-likeness (QED) is 0.401. The van der Waals surface area contributed by atoms with E-state index in [0.29, 0.717) is 11.3 Å². The first-order valence-electron chi connectivity index (χ1n) is 6.01. The molecule has 0 aromatic heterocycles. The van der Waals surface area contributed by atoms with E-state index in [0.717, 1.165) is 6.21 Å². The van der Waals surface area contributed by atoms with E-state index >= 15 is 0 Å². The molecule has 1 saturated heterocycles. The van der Waals surface area contributed by atoms with Crippen molar-refractivity contribution >= 4 is 17.6 Å². The summed E-state index contributed by atoms with van der Waals surface area (Å²) in [6, 6.07) is 4.01. The monoisotopic (exact) mass is 285 g/mol. The van der Waals surface area contributed by atoms with Crippen molar-refractivity contribution in [3.63, 3.8) is 0 Å². The van der Waals surface area contributed by atoms with Crippen molar-refractivity contribution < 1.29 is 18.9 Å². The Bertz CT molecular complexity index is 539. The maximum Gasteiger partial charge on any atom is 0.271 e. The number of rotatable bonds is 3. The van der Waals surface area contributed by atoms with Gasteiger partial charge in [0.25, 0.3) is 11.6 Å². The normalized spacial score (nSPS) is 18.4. The zero-order chi connectivity index (χ0) is 14.8. The average molecular weight is 285 g/mol. The number of non-ortho nitro benzene ring substituents is 1. The SMILES string of the molecule is O=[N+]([O-])c1ccc(/C=N/O)c(N2CCC(F)(F)CC2)c1. The van der Waals surface area contributed by atoms with E-state index in [-0.39, 0.29) is 31.6 Å². The van der Waals surface area contributed by atoms with Crippen LogP contribution in [0.5, 0.6) is 0 Å². The number of nitro benzene ring substituents is 1. The molecule has 2 rings (SSSR count). The molecule has 1 aliphatic heterocycles. The maximum absolute atomic E-state index is 13.1. The van der Waals surface area contributed by atoms with Gasteiger partial charge in [0.1, 0.15) is 0 Å². The summed E-state index contributed by atoms with van der Waals surface area (Å²) in [5, 5.41) is 22.3. The van der Waals surface area contributed by atoms with Crippen molar-refractivity contribution in [1.82, 2.24) is 0 Å². The molecule has 0 radical (unpaired) electrons. The molecule has 1 aromatic carbocycles. The van der Waals surface area contributed by atoms with Gasteiger partial charge in [0, 0.05) is 43.6 Å². The van der Waals surface area contributed by atoms with Gasteiger partial charge < -0.3 is 10.1 Å². The first-order chi connectivity index (χ1) is 9.43. The summed E-state index contributed by atoms with van der Waals surface area (Å²) in [4.78, 5) is 11.9. The van der Waals surface area contributed by atoms with Gasteiger partial charge in [-0.3, -0.25) is 10.1 Å². The van der Waals surface area contributed by atoms with Gasteiger partial charge in [-0.1, -0.05) is 5.16 Å². The molecule has 0 amide bonds. The summed E-state index contributed by atoms with van der Waals surface area (Å²) in [5.41, 5.74) is 0.739. The molecule has 1 heterocycles. The zero-order valence-corrected chi connectivity index (χ0v) is 10.5. The molecule has 20 heavy (non-hydrogen) atoms. The summed E-state index contributed by atoms with van der Waals surface area (Å²) >= 11 is 0. The van der Waals surface area contributed by atoms with Crippen LogP contribution >= 0.6 is 0 Å². The number of oxime groups is 1. The second kappa shape index (κ2) is 5.40. The molecule has 1 fully saturated rings. The molecule has 108 valence electrons. The molecule has 6 nitrogen and oxygen atoms in total. The number of nitrogens with zero attached hydrogens (tertiary/aromatic N) is 3. The number of hydrogen-bond donors (Lipinski definition) is 1. The lowest BCUT2D eigenvalue weighted by Crippen LogP contribution is -2.39. The van der Waals surface area contributed by atoms with Crippen LogP contribution in [0.3, 0.4) is 0 Å². The van der Waals surface area contributed by atoms with Gasteiger partial charge >= 0.3 is 0 Å². The summed E-state index contributed by atoms with van der Waals surface area (Å²) in [5.74, 6) is -2.69. The number of nitro groups is 1. The predicted molar refractivity (Wildman–Crippen MR) is 68.9 cm³/mol. The van der Waals surface area contributed by atoms with Crippen molar-refractivity contribution in [2.75, 3.05) is 18.0 Å². The standard InChI is InChI=1S/C12H13F2N3O3/c13-12(14)3-5-16(6-4-12)11-7-10(17(19)20)2-1-9(11)8-15-18/h1-2,7-8,18H,3-6H2/b15-8+. The molecule has 0 spiro atoms. The molecule has 1 aromatic rings. The minimum absolute atomic E-state index is 0.0977. The van der Waals surface area contributed by atoms with Crippen LogP contribution in [0.1, 0.15) is 18.4 Å². The molecular formula is C12H13F2N3O3. The Morgan fingerprint density at radius 3 is 2.60 bits per heavy atom. The minimum atomic E-state index is -2.69. The van der Waals surface area contributed by atoms with Gasteiger partial charge in [-0.25, -0.2) is 8.78 Å². The molecule has 1 N–H and O–H groups in total. The van der Waals surface area contributed by atoms with Crippen LogP contribution in [0.4, 0.5) is 20.2 Å². The Labute approximate surface area is 113 Å². The van der Waals surface area contributed by atoms with Crippen LogP contribution in [0, 0.1) is 10.1 Å². The van der Waals surface area contributed by atoms with Gasteiger partial charge in [-0.2, -0.15) is 0 Å². The number of benzene rings is 1. The molecule has 0 bridgehead atoms. The third-order valence-electron chi connectivity index (χ3n) is 3.26. The fourth-order valence-corrected chi connectivity index (χ4v) is 2.17. The van der Waals surface area contributed by atoms with Crippen molar-refractivity contribution in [2.24, 2.45) is 5.16 Å². The summed E-state index contributed by atoms with van der Waals surface area (Å²) in [6.07, 6.45) is 0.530. The summed E-state index contributed by atoms with van der Waals surface area (Å²) in [6.45, 7) is 0.195. The average Bonchev–Trinajstić information content (AvgIpc) is 2.39. The molecule has 0 atom stereocenters. The number of alkyl halides is 2. The molecule has 0 saturated carbocycles. The lowest BCUT2D eigenvalue weighted by Gasteiger charge is -2.34. The Morgan fingerprint density at radius 2 is 2.05 bits per heavy atom. The lowest BCUT2D eigenvalue weighted by atomic mass is 10.0. The van der Waals surface area contributed by atoms with Gasteiger partial charge in [0.2, 0.25) is 0 Å². The van der Waals surface area contributed by atoms with Crippen molar-refractivity contribution in [3.05, 3.63) is 33.9 Å². The van der Waals surface area contributed by atoms with Gasteiger partial charge in [0.05, 0.1) is 16.8 Å². The van der Waals surface area contributed by atoms with Crippen LogP contribution in [-0.2, 0) is 0 Å². The van der Waals surface area contributed by atoms with E-state index in [2.05, 4.69) is 5.16 Å². The number of halogens is 2. The lowest BCUT2D eigenvalue weighted by molar-refractivity contribution is -0.384. The van der Waals surface area contributed by atoms with E-state index in [1.54, 1.807) is 4.90 Å². The van der Waals surface area contributed by atoms with E-state index < -0.39 is 10.8 Å². The number of hydrogen-bond acceptors (Lipinski definition) is 5. The van der Waals surface area contributed by atoms with Crippen LogP contribution in [-0.4, -0.2) is 35.4 Å². The summed E-state index contributed by atoms with van der Waals surface area (Å²) in [7, 11) is 0. The van der Waals surface area contributed by atoms with Crippen molar-refractivity contribution in [1.29, 1.82) is 0 Å². The van der Waals surface area contributed by atoms with E-state index in [1.807, 2.05) is 0 Å². The highest BCUT2D eigenvalue weighted by atomic mass is 19.3. The van der Waals surface area contributed by atoms with E-state index in [9.17, 15) is 18.9 Å². The summed E-state index contributed by atoms with van der Waals surface area (Å²) < 4.78 is 26.3. The smallest absolute Gasteiger partial charge is 0.271 e.